The van der Waals surface area contributed by atoms with Gasteiger partial charge in [-0.25, -0.2) is 4.98 Å². The molecule has 1 aliphatic heterocycles. The second-order valence-corrected chi connectivity index (χ2v) is 6.06. The van der Waals surface area contributed by atoms with Gasteiger partial charge in [-0.1, -0.05) is 13.8 Å². The summed E-state index contributed by atoms with van der Waals surface area (Å²) in [5, 5.41) is 6.86. The summed E-state index contributed by atoms with van der Waals surface area (Å²) in [6.45, 7) is 7.84. The molecule has 1 fully saturated rings. The maximum atomic E-state index is 4.70. The Balaban J connectivity index is 1.84. The highest BCUT2D eigenvalue weighted by molar-refractivity contribution is 7.09. The average Bonchev–Trinajstić information content (AvgIpc) is 2.79. The Bertz CT molecular complexity index is 340. The van der Waals surface area contributed by atoms with Gasteiger partial charge in [-0.3, -0.25) is 4.90 Å². The summed E-state index contributed by atoms with van der Waals surface area (Å²) in [7, 11) is 2.07. The molecule has 1 aromatic rings. The van der Waals surface area contributed by atoms with E-state index in [1.54, 1.807) is 11.3 Å². The summed E-state index contributed by atoms with van der Waals surface area (Å²) >= 11 is 1.80. The Morgan fingerprint density at radius 2 is 2.18 bits per heavy atom. The molecule has 0 atom stereocenters. The van der Waals surface area contributed by atoms with Crippen LogP contribution in [0.3, 0.4) is 0 Å². The van der Waals surface area contributed by atoms with Crippen LogP contribution >= 0.6 is 11.3 Å². The number of likely N-dealkylation sites (tertiary alicyclic amines) is 1. The number of rotatable bonds is 4. The molecule has 0 unspecified atom stereocenters. The second kappa shape index (κ2) is 5.94. The predicted octanol–water partition coefficient (Wildman–Crippen LogP) is 2.45. The van der Waals surface area contributed by atoms with Gasteiger partial charge in [0.25, 0.3) is 0 Å². The minimum absolute atomic E-state index is 0.559. The summed E-state index contributed by atoms with van der Waals surface area (Å²) < 4.78 is 0. The summed E-state index contributed by atoms with van der Waals surface area (Å²) in [5.41, 5.74) is 1.25. The molecule has 0 saturated carbocycles. The number of aromatic nitrogens is 1. The average molecular weight is 253 g/mol. The van der Waals surface area contributed by atoms with E-state index in [0.717, 1.165) is 6.54 Å². The van der Waals surface area contributed by atoms with Crippen LogP contribution in [-0.2, 0) is 6.54 Å². The molecule has 1 aliphatic rings. The summed E-state index contributed by atoms with van der Waals surface area (Å²) in [6, 6.07) is 0.716. The molecule has 2 rings (SSSR count). The molecule has 0 bridgehead atoms. The van der Waals surface area contributed by atoms with Crippen LogP contribution in [0.1, 0.15) is 43.3 Å². The van der Waals surface area contributed by atoms with Crippen LogP contribution in [0.4, 0.5) is 0 Å². The third kappa shape index (κ3) is 3.50. The molecule has 3 nitrogen and oxygen atoms in total. The standard InChI is InChI=1S/C13H23N3S/c1-10(2)13-15-12(9-17-13)8-16-6-4-11(14-3)5-7-16/h9-11,14H,4-8H2,1-3H3. The van der Waals surface area contributed by atoms with Crippen molar-refractivity contribution in [2.24, 2.45) is 0 Å². The van der Waals surface area contributed by atoms with Gasteiger partial charge >= 0.3 is 0 Å². The minimum atomic E-state index is 0.559. The van der Waals surface area contributed by atoms with Crippen molar-refractivity contribution in [3.63, 3.8) is 0 Å². The first kappa shape index (κ1) is 13.0. The maximum Gasteiger partial charge on any atom is 0.0954 e. The molecular weight excluding hydrogens is 230 g/mol. The van der Waals surface area contributed by atoms with Crippen molar-refractivity contribution in [1.82, 2.24) is 15.2 Å². The highest BCUT2D eigenvalue weighted by Crippen LogP contribution is 2.21. The van der Waals surface area contributed by atoms with Crippen LogP contribution in [0.5, 0.6) is 0 Å². The van der Waals surface area contributed by atoms with Crippen LogP contribution in [0.15, 0.2) is 5.38 Å². The van der Waals surface area contributed by atoms with Gasteiger partial charge < -0.3 is 5.32 Å². The van der Waals surface area contributed by atoms with E-state index in [-0.39, 0.29) is 0 Å². The molecule has 96 valence electrons. The molecule has 0 amide bonds. The van der Waals surface area contributed by atoms with E-state index in [0.29, 0.717) is 12.0 Å². The Morgan fingerprint density at radius 3 is 2.71 bits per heavy atom. The lowest BCUT2D eigenvalue weighted by molar-refractivity contribution is 0.193. The lowest BCUT2D eigenvalue weighted by Gasteiger charge is -2.31. The Labute approximate surface area is 108 Å². The van der Waals surface area contributed by atoms with Gasteiger partial charge in [0.15, 0.2) is 0 Å². The summed E-state index contributed by atoms with van der Waals surface area (Å²) in [6.07, 6.45) is 2.52. The molecule has 1 saturated heterocycles. The van der Waals surface area contributed by atoms with Crippen molar-refractivity contribution >= 4 is 11.3 Å². The molecule has 17 heavy (non-hydrogen) atoms. The van der Waals surface area contributed by atoms with Crippen LogP contribution in [0.2, 0.25) is 0 Å². The smallest absolute Gasteiger partial charge is 0.0954 e. The Morgan fingerprint density at radius 1 is 1.47 bits per heavy atom. The largest absolute Gasteiger partial charge is 0.317 e. The highest BCUT2D eigenvalue weighted by Gasteiger charge is 2.18. The molecular formula is C13H23N3S. The molecule has 0 aromatic carbocycles. The molecule has 1 N–H and O–H groups in total. The fourth-order valence-electron chi connectivity index (χ4n) is 2.27. The predicted molar refractivity (Wildman–Crippen MR) is 73.6 cm³/mol. The van der Waals surface area contributed by atoms with Gasteiger partial charge in [0.1, 0.15) is 0 Å². The van der Waals surface area contributed by atoms with Crippen molar-refractivity contribution < 1.29 is 0 Å². The number of thiazole rings is 1. The zero-order valence-corrected chi connectivity index (χ0v) is 11.9. The van der Waals surface area contributed by atoms with Crippen LogP contribution in [0, 0.1) is 0 Å². The molecule has 1 aromatic heterocycles. The van der Waals surface area contributed by atoms with Crippen molar-refractivity contribution in [1.29, 1.82) is 0 Å². The quantitative estimate of drug-likeness (QED) is 0.893. The number of nitrogens with one attached hydrogen (secondary N) is 1. The second-order valence-electron chi connectivity index (χ2n) is 5.17. The fourth-order valence-corrected chi connectivity index (χ4v) is 3.10. The van der Waals surface area contributed by atoms with Crippen molar-refractivity contribution in [3.05, 3.63) is 16.1 Å². The summed E-state index contributed by atoms with van der Waals surface area (Å²) in [5.74, 6) is 0.559. The van der Waals surface area contributed by atoms with Gasteiger partial charge in [-0.05, 0) is 19.9 Å². The van der Waals surface area contributed by atoms with E-state index in [9.17, 15) is 0 Å². The SMILES string of the molecule is CNC1CCN(Cc2csc(C(C)C)n2)CC1. The van der Waals surface area contributed by atoms with E-state index in [1.807, 2.05) is 0 Å². The molecule has 4 heteroatoms. The van der Waals surface area contributed by atoms with Gasteiger partial charge in [0, 0.05) is 37.0 Å². The zero-order chi connectivity index (χ0) is 12.3. The third-order valence-corrected chi connectivity index (χ3v) is 4.64. The zero-order valence-electron chi connectivity index (χ0n) is 11.1. The Hall–Kier alpha value is -0.450. The Kier molecular flexibility index (Phi) is 4.54. The molecule has 0 spiro atoms. The monoisotopic (exact) mass is 253 g/mol. The third-order valence-electron chi connectivity index (χ3n) is 3.44. The number of hydrogen-bond donors (Lipinski definition) is 1. The first-order chi connectivity index (χ1) is 8.19. The molecule has 2 heterocycles. The van der Waals surface area contributed by atoms with Gasteiger partial charge in [-0.15, -0.1) is 11.3 Å². The number of hydrogen-bond acceptors (Lipinski definition) is 4. The van der Waals surface area contributed by atoms with Crippen LogP contribution in [-0.4, -0.2) is 36.1 Å². The first-order valence-corrected chi connectivity index (χ1v) is 7.41. The number of nitrogens with zero attached hydrogens (tertiary/aromatic N) is 2. The maximum absolute atomic E-state index is 4.70. The van der Waals surface area contributed by atoms with Crippen molar-refractivity contribution in [2.75, 3.05) is 20.1 Å². The number of piperidine rings is 1. The van der Waals surface area contributed by atoms with Gasteiger partial charge in [0.05, 0.1) is 10.7 Å². The van der Waals surface area contributed by atoms with E-state index in [4.69, 9.17) is 4.98 Å². The van der Waals surface area contributed by atoms with Crippen molar-refractivity contribution in [2.45, 2.75) is 45.2 Å². The van der Waals surface area contributed by atoms with E-state index in [1.165, 1.54) is 36.6 Å². The van der Waals surface area contributed by atoms with E-state index < -0.39 is 0 Å². The highest BCUT2D eigenvalue weighted by atomic mass is 32.1. The van der Waals surface area contributed by atoms with Crippen LogP contribution < -0.4 is 5.32 Å². The van der Waals surface area contributed by atoms with E-state index in [2.05, 4.69) is 36.5 Å². The normalized spacial score (nSPS) is 19.1. The van der Waals surface area contributed by atoms with Crippen molar-refractivity contribution in [3.8, 4) is 0 Å². The van der Waals surface area contributed by atoms with Crippen LogP contribution in [0.25, 0.3) is 0 Å². The topological polar surface area (TPSA) is 28.2 Å². The molecule has 0 radical (unpaired) electrons. The van der Waals surface area contributed by atoms with E-state index >= 15 is 0 Å². The fraction of sp³-hybridized carbons (Fsp3) is 0.769. The molecule has 0 aliphatic carbocycles. The summed E-state index contributed by atoms with van der Waals surface area (Å²) in [4.78, 5) is 7.23. The lowest BCUT2D eigenvalue weighted by atomic mass is 10.1. The minimum Gasteiger partial charge on any atom is -0.317 e. The lowest BCUT2D eigenvalue weighted by Crippen LogP contribution is -2.40. The van der Waals surface area contributed by atoms with Gasteiger partial charge in [-0.2, -0.15) is 0 Å². The van der Waals surface area contributed by atoms with Gasteiger partial charge in [0.2, 0.25) is 0 Å². The first-order valence-electron chi connectivity index (χ1n) is 6.53.